The fourth-order valence-electron chi connectivity index (χ4n) is 5.39. The van der Waals surface area contributed by atoms with Crippen LogP contribution in [0, 0.1) is 6.92 Å². The lowest BCUT2D eigenvalue weighted by atomic mass is 10.2. The van der Waals surface area contributed by atoms with Crippen LogP contribution in [0.2, 0.25) is 0 Å². The van der Waals surface area contributed by atoms with E-state index in [9.17, 15) is 33.6 Å². The zero-order valence-corrected chi connectivity index (χ0v) is 33.0. The molecule has 17 nitrogen and oxygen atoms in total. The van der Waals surface area contributed by atoms with Crippen LogP contribution < -0.4 is 25.3 Å². The van der Waals surface area contributed by atoms with E-state index in [1.807, 2.05) is 110 Å². The first-order valence-corrected chi connectivity index (χ1v) is 18.4. The molecule has 0 saturated carbocycles. The predicted molar refractivity (Wildman–Crippen MR) is 228 cm³/mol. The molecule has 0 aliphatic heterocycles. The Morgan fingerprint density at radius 1 is 0.410 bits per heavy atom. The molecule has 7 N–H and O–H groups in total. The first-order valence-electron chi connectivity index (χ1n) is 18.4. The van der Waals surface area contributed by atoms with Crippen LogP contribution in [0.4, 0.5) is 28.4 Å². The number of aryl methyl sites for hydroxylation is 1. The van der Waals surface area contributed by atoms with Gasteiger partial charge in [0.15, 0.2) is 0 Å². The average molecular weight is 836 g/mol. The molecule has 2 amide bonds. The number of para-hydroxylation sites is 3. The van der Waals surface area contributed by atoms with Gasteiger partial charge in [0.05, 0.1) is 18.7 Å². The van der Waals surface area contributed by atoms with Crippen molar-refractivity contribution in [2.24, 2.45) is 0 Å². The van der Waals surface area contributed by atoms with E-state index in [4.69, 9.17) is 25.5 Å². The minimum Gasteiger partial charge on any atom is -0.480 e. The quantitative estimate of drug-likeness (QED) is 0.0606. The number of nitrogens with zero attached hydrogens (tertiary/aromatic N) is 3. The molecule has 5 aromatic rings. The monoisotopic (exact) mass is 835 g/mol. The van der Waals surface area contributed by atoms with Crippen molar-refractivity contribution in [2.75, 3.05) is 64.6 Å². The summed E-state index contributed by atoms with van der Waals surface area (Å²) in [6.07, 6.45) is 0. The van der Waals surface area contributed by atoms with Crippen LogP contribution in [-0.2, 0) is 28.8 Å². The normalized spacial score (nSPS) is 9.92. The van der Waals surface area contributed by atoms with Crippen molar-refractivity contribution in [2.45, 2.75) is 6.92 Å². The molecule has 0 spiro atoms. The van der Waals surface area contributed by atoms with Gasteiger partial charge >= 0.3 is 29.8 Å². The molecule has 318 valence electrons. The number of anilines is 5. The maximum absolute atomic E-state index is 12.5. The van der Waals surface area contributed by atoms with Gasteiger partial charge in [-0.25, -0.2) is 4.79 Å². The Labute approximate surface area is 350 Å². The largest absolute Gasteiger partial charge is 0.480 e. The van der Waals surface area contributed by atoms with Crippen molar-refractivity contribution in [1.29, 1.82) is 0 Å². The molecule has 5 aromatic carbocycles. The Balaban J connectivity index is 0.000000256. The van der Waals surface area contributed by atoms with Crippen LogP contribution >= 0.6 is 0 Å². The average Bonchev–Trinajstić information content (AvgIpc) is 3.21. The summed E-state index contributed by atoms with van der Waals surface area (Å²) in [6, 6.07) is 40.4. The third kappa shape index (κ3) is 18.3. The van der Waals surface area contributed by atoms with Crippen LogP contribution in [0.15, 0.2) is 140 Å². The van der Waals surface area contributed by atoms with E-state index in [1.165, 1.54) is 29.2 Å². The van der Waals surface area contributed by atoms with E-state index < -0.39 is 42.9 Å². The van der Waals surface area contributed by atoms with Crippen molar-refractivity contribution >= 4 is 70.1 Å². The van der Waals surface area contributed by atoms with Gasteiger partial charge in [0, 0.05) is 28.4 Å². The van der Waals surface area contributed by atoms with Crippen molar-refractivity contribution in [3.63, 3.8) is 0 Å². The summed E-state index contributed by atoms with van der Waals surface area (Å²) in [5.41, 5.74) is 4.09. The van der Waals surface area contributed by atoms with Crippen LogP contribution in [-0.4, -0.2) is 106 Å². The van der Waals surface area contributed by atoms with Gasteiger partial charge in [0.1, 0.15) is 26.2 Å². The molecule has 5 rings (SSSR count). The van der Waals surface area contributed by atoms with Crippen molar-refractivity contribution in [3.8, 4) is 0 Å². The molecule has 0 aromatic heterocycles. The Kier molecular flexibility index (Phi) is 19.0. The number of carbonyl (C=O) groups is 7. The number of hydrogen-bond acceptors (Lipinski definition) is 10. The zero-order valence-electron chi connectivity index (χ0n) is 33.0. The molecule has 0 bridgehead atoms. The van der Waals surface area contributed by atoms with E-state index in [0.29, 0.717) is 5.69 Å². The fraction of sp³-hybridized carbons (Fsp3) is 0.159. The molecule has 0 heterocycles. The molecule has 0 saturated heterocycles. The maximum Gasteiger partial charge on any atom is 0.335 e. The number of aromatic carboxylic acids is 1. The van der Waals surface area contributed by atoms with Gasteiger partial charge in [-0.05, 0) is 73.7 Å². The lowest BCUT2D eigenvalue weighted by Gasteiger charge is -2.23. The minimum atomic E-state index is -1.20. The van der Waals surface area contributed by atoms with E-state index in [0.717, 1.165) is 27.5 Å². The van der Waals surface area contributed by atoms with Gasteiger partial charge in [-0.2, -0.15) is 0 Å². The number of aliphatic carboxylic acids is 4. The maximum atomic E-state index is 12.5. The highest BCUT2D eigenvalue weighted by molar-refractivity contribution is 5.98. The minimum absolute atomic E-state index is 0.0340. The number of nitrogens with one attached hydrogen (secondary N) is 2. The van der Waals surface area contributed by atoms with Crippen molar-refractivity contribution in [3.05, 3.63) is 151 Å². The summed E-state index contributed by atoms with van der Waals surface area (Å²) in [5, 5.41) is 49.2. The molecule has 61 heavy (non-hydrogen) atoms. The van der Waals surface area contributed by atoms with Gasteiger partial charge in [-0.1, -0.05) is 78.4 Å². The zero-order chi connectivity index (χ0) is 44.7. The summed E-state index contributed by atoms with van der Waals surface area (Å²) in [4.78, 5) is 82.2. The number of carboxylic acid groups (broad SMARTS) is 5. The highest BCUT2D eigenvalue weighted by Gasteiger charge is 2.18. The number of amides is 2. The van der Waals surface area contributed by atoms with E-state index in [1.54, 1.807) is 17.0 Å². The second-order valence-electron chi connectivity index (χ2n) is 13.0. The highest BCUT2D eigenvalue weighted by atomic mass is 16.4. The molecular formula is C44H45N5O12. The smallest absolute Gasteiger partial charge is 0.335 e. The van der Waals surface area contributed by atoms with E-state index in [2.05, 4.69) is 10.6 Å². The molecule has 0 fully saturated rings. The molecule has 0 radical (unpaired) electrons. The fourth-order valence-corrected chi connectivity index (χ4v) is 5.39. The summed E-state index contributed by atoms with van der Waals surface area (Å²) in [7, 11) is 0. The lowest BCUT2D eigenvalue weighted by Crippen LogP contribution is -2.39. The molecular weight excluding hydrogens is 791 g/mol. The second-order valence-corrected chi connectivity index (χ2v) is 13.0. The van der Waals surface area contributed by atoms with Crippen LogP contribution in [0.1, 0.15) is 15.9 Å². The van der Waals surface area contributed by atoms with E-state index in [-0.39, 0.29) is 49.2 Å². The number of rotatable bonds is 18. The Bertz CT molecular complexity index is 2140. The Morgan fingerprint density at radius 2 is 0.754 bits per heavy atom. The molecule has 0 aliphatic carbocycles. The SMILES string of the molecule is Cc1ccc(N(CC(=O)O)CC(=O)O)cc1.O=C(CN(CC(=O)Nc1ccccc1)c1ccccc1)Nc1ccccc1.O=C(O)CN(CC(=O)O)c1cccc(C(=O)O)c1. The second kappa shape index (κ2) is 24.5. The summed E-state index contributed by atoms with van der Waals surface area (Å²) < 4.78 is 0. The lowest BCUT2D eigenvalue weighted by molar-refractivity contribution is -0.138. The Morgan fingerprint density at radius 3 is 1.15 bits per heavy atom. The summed E-state index contributed by atoms with van der Waals surface area (Å²) in [5.74, 6) is -6.03. The highest BCUT2D eigenvalue weighted by Crippen LogP contribution is 2.18. The predicted octanol–water partition coefficient (Wildman–Crippen LogP) is 5.10. The number of carbonyl (C=O) groups excluding carboxylic acids is 2. The summed E-state index contributed by atoms with van der Waals surface area (Å²) >= 11 is 0. The standard InChI is InChI=1S/C22H21N3O2.C11H11NO6.C11H13NO4/c26-21(23-18-10-4-1-5-11-18)16-25(20-14-8-3-9-15-20)17-22(27)24-19-12-6-2-7-13-19;13-9(14)5-12(6-10(15)16)8-3-1-2-7(4-8)11(17)18;1-8-2-4-9(5-3-8)12(6-10(13)14)7-11(15)16/h1-15H,16-17H2,(H,23,26)(H,24,27);1-4H,5-6H2,(H,13,14)(H,15,16)(H,17,18);2-5H,6-7H2,1H3,(H,13,14)(H,15,16). The molecule has 0 aliphatic rings. The number of carboxylic acids is 5. The number of hydrogen-bond donors (Lipinski definition) is 7. The van der Waals surface area contributed by atoms with Gasteiger partial charge in [-0.15, -0.1) is 0 Å². The number of benzene rings is 5. The molecule has 17 heteroatoms. The first-order chi connectivity index (χ1) is 29.1. The van der Waals surface area contributed by atoms with Crippen molar-refractivity contribution in [1.82, 2.24) is 0 Å². The van der Waals surface area contributed by atoms with Gasteiger partial charge < -0.3 is 50.9 Å². The third-order valence-corrected chi connectivity index (χ3v) is 8.07. The molecule has 0 unspecified atom stereocenters. The van der Waals surface area contributed by atoms with Gasteiger partial charge in [0.25, 0.3) is 0 Å². The summed E-state index contributed by atoms with van der Waals surface area (Å²) in [6.45, 7) is 0.361. The van der Waals surface area contributed by atoms with Gasteiger partial charge in [-0.3, -0.25) is 28.8 Å². The first kappa shape index (κ1) is 47.2. The third-order valence-electron chi connectivity index (χ3n) is 8.07. The van der Waals surface area contributed by atoms with E-state index >= 15 is 0 Å². The van der Waals surface area contributed by atoms with Crippen LogP contribution in [0.5, 0.6) is 0 Å². The van der Waals surface area contributed by atoms with Crippen LogP contribution in [0.25, 0.3) is 0 Å². The van der Waals surface area contributed by atoms with Gasteiger partial charge in [0.2, 0.25) is 11.8 Å². The topological polar surface area (TPSA) is 254 Å². The van der Waals surface area contributed by atoms with Crippen LogP contribution in [0.3, 0.4) is 0 Å². The Hall–Kier alpha value is -8.21. The molecule has 0 atom stereocenters. The van der Waals surface area contributed by atoms with Crippen molar-refractivity contribution < 1.29 is 59.1 Å².